The number of rotatable bonds is 10. The SMILES string of the molecule is Cc1nc2c(C(=O)NCCC[NH+](Cc3ccccc3)C(C)C)cnn2c(C)c1Cc1ccccc1. The fourth-order valence-electron chi connectivity index (χ4n) is 4.58. The second-order valence-electron chi connectivity index (χ2n) is 9.55. The standard InChI is InChI=1S/C29H35N5O/c1-21(2)33(20-25-14-9-6-10-15-25)17-11-16-30-29(35)27-19-31-34-23(4)26(22(3)32-28(27)34)18-24-12-7-5-8-13-24/h5-10,12-15,19,21H,11,16-18,20H2,1-4H3,(H,30,35)/p+1. The molecule has 0 radical (unpaired) electrons. The second-order valence-corrected chi connectivity index (χ2v) is 9.55. The van der Waals surface area contributed by atoms with Crippen LogP contribution in [0.4, 0.5) is 0 Å². The van der Waals surface area contributed by atoms with E-state index in [9.17, 15) is 4.79 Å². The Balaban J connectivity index is 1.39. The van der Waals surface area contributed by atoms with Crippen LogP contribution in [0.25, 0.3) is 5.65 Å². The number of hydrogen-bond donors (Lipinski definition) is 2. The number of nitrogens with zero attached hydrogens (tertiary/aromatic N) is 3. The number of nitrogens with one attached hydrogen (secondary N) is 2. The minimum Gasteiger partial charge on any atom is -0.352 e. The third-order valence-corrected chi connectivity index (χ3v) is 6.73. The van der Waals surface area contributed by atoms with Crippen molar-refractivity contribution in [2.45, 2.75) is 53.1 Å². The third kappa shape index (κ3) is 5.95. The maximum Gasteiger partial charge on any atom is 0.256 e. The van der Waals surface area contributed by atoms with Gasteiger partial charge in [-0.05, 0) is 38.8 Å². The van der Waals surface area contributed by atoms with Crippen molar-refractivity contribution >= 4 is 11.6 Å². The van der Waals surface area contributed by atoms with Crippen LogP contribution >= 0.6 is 0 Å². The Bertz CT molecular complexity index is 1260. The molecule has 182 valence electrons. The van der Waals surface area contributed by atoms with Crippen molar-refractivity contribution in [2.75, 3.05) is 13.1 Å². The maximum atomic E-state index is 13.0. The molecule has 0 aliphatic heterocycles. The average molecular weight is 471 g/mol. The molecule has 0 aliphatic rings. The summed E-state index contributed by atoms with van der Waals surface area (Å²) in [7, 11) is 0. The molecule has 2 heterocycles. The first-order chi connectivity index (χ1) is 16.9. The quantitative estimate of drug-likeness (QED) is 0.349. The highest BCUT2D eigenvalue weighted by atomic mass is 16.1. The smallest absolute Gasteiger partial charge is 0.256 e. The van der Waals surface area contributed by atoms with Gasteiger partial charge < -0.3 is 10.2 Å². The summed E-state index contributed by atoms with van der Waals surface area (Å²) in [5.41, 5.74) is 6.82. The molecule has 35 heavy (non-hydrogen) atoms. The van der Waals surface area contributed by atoms with Crippen LogP contribution in [0.1, 0.15) is 58.7 Å². The number of fused-ring (bicyclic) bond motifs is 1. The fraction of sp³-hybridized carbons (Fsp3) is 0.345. The predicted octanol–water partition coefficient (Wildman–Crippen LogP) is 3.55. The zero-order valence-corrected chi connectivity index (χ0v) is 21.2. The first-order valence-electron chi connectivity index (χ1n) is 12.5. The number of aromatic nitrogens is 3. The van der Waals surface area contributed by atoms with E-state index in [1.807, 2.05) is 32.0 Å². The topological polar surface area (TPSA) is 63.7 Å². The molecule has 0 aliphatic carbocycles. The van der Waals surface area contributed by atoms with Crippen LogP contribution in [0.15, 0.2) is 66.9 Å². The molecule has 4 rings (SSSR count). The second kappa shape index (κ2) is 11.3. The van der Waals surface area contributed by atoms with Gasteiger partial charge in [-0.2, -0.15) is 5.10 Å². The summed E-state index contributed by atoms with van der Waals surface area (Å²) >= 11 is 0. The molecule has 2 N–H and O–H groups in total. The minimum absolute atomic E-state index is 0.115. The highest BCUT2D eigenvalue weighted by molar-refractivity contribution is 5.99. The monoisotopic (exact) mass is 470 g/mol. The summed E-state index contributed by atoms with van der Waals surface area (Å²) in [6.07, 6.45) is 3.34. The lowest BCUT2D eigenvalue weighted by atomic mass is 10.0. The van der Waals surface area contributed by atoms with E-state index in [2.05, 4.69) is 66.7 Å². The van der Waals surface area contributed by atoms with Crippen LogP contribution < -0.4 is 10.2 Å². The van der Waals surface area contributed by atoms with E-state index in [1.165, 1.54) is 16.0 Å². The van der Waals surface area contributed by atoms with Crippen LogP contribution in [0.3, 0.4) is 0 Å². The summed E-state index contributed by atoms with van der Waals surface area (Å²) in [5, 5.41) is 7.58. The Kier molecular flexibility index (Phi) is 7.93. The van der Waals surface area contributed by atoms with Crippen molar-refractivity contribution in [1.29, 1.82) is 0 Å². The van der Waals surface area contributed by atoms with Gasteiger partial charge in [0.05, 0.1) is 18.8 Å². The van der Waals surface area contributed by atoms with Gasteiger partial charge in [0.15, 0.2) is 5.65 Å². The summed E-state index contributed by atoms with van der Waals surface area (Å²) in [6, 6.07) is 21.5. The van der Waals surface area contributed by atoms with E-state index in [-0.39, 0.29) is 5.91 Å². The van der Waals surface area contributed by atoms with E-state index in [1.54, 1.807) is 10.7 Å². The average Bonchev–Trinajstić information content (AvgIpc) is 3.28. The summed E-state index contributed by atoms with van der Waals surface area (Å²) in [5.74, 6) is -0.115. The van der Waals surface area contributed by atoms with Gasteiger partial charge in [-0.3, -0.25) is 4.79 Å². The number of aryl methyl sites for hydroxylation is 2. The molecule has 0 spiro atoms. The van der Waals surface area contributed by atoms with Crippen molar-refractivity contribution < 1.29 is 9.69 Å². The Morgan fingerprint density at radius 3 is 2.31 bits per heavy atom. The number of carbonyl (C=O) groups is 1. The maximum absolute atomic E-state index is 13.0. The van der Waals surface area contributed by atoms with Gasteiger partial charge in [0.25, 0.3) is 5.91 Å². The molecule has 1 atom stereocenters. The zero-order valence-electron chi connectivity index (χ0n) is 21.2. The molecule has 6 heteroatoms. The lowest BCUT2D eigenvalue weighted by Crippen LogP contribution is -3.13. The first-order valence-corrected chi connectivity index (χ1v) is 12.5. The van der Waals surface area contributed by atoms with E-state index in [0.29, 0.717) is 23.8 Å². The largest absolute Gasteiger partial charge is 0.352 e. The highest BCUT2D eigenvalue weighted by Crippen LogP contribution is 2.20. The van der Waals surface area contributed by atoms with Gasteiger partial charge in [-0.25, -0.2) is 9.50 Å². The molecular weight excluding hydrogens is 434 g/mol. The predicted molar refractivity (Wildman–Crippen MR) is 140 cm³/mol. The van der Waals surface area contributed by atoms with Gasteiger partial charge in [0.1, 0.15) is 12.1 Å². The first kappa shape index (κ1) is 24.6. The number of quaternary nitrogens is 1. The Labute approximate surface area is 208 Å². The third-order valence-electron chi connectivity index (χ3n) is 6.73. The number of amides is 1. The number of carbonyl (C=O) groups excluding carboxylic acids is 1. The molecule has 6 nitrogen and oxygen atoms in total. The normalized spacial score (nSPS) is 12.3. The van der Waals surface area contributed by atoms with Gasteiger partial charge in [-0.15, -0.1) is 0 Å². The summed E-state index contributed by atoms with van der Waals surface area (Å²) in [6.45, 7) is 11.2. The lowest BCUT2D eigenvalue weighted by molar-refractivity contribution is -0.935. The van der Waals surface area contributed by atoms with Crippen molar-refractivity contribution in [1.82, 2.24) is 19.9 Å². The van der Waals surface area contributed by atoms with Gasteiger partial charge in [-0.1, -0.05) is 60.7 Å². The summed E-state index contributed by atoms with van der Waals surface area (Å²) in [4.78, 5) is 19.3. The van der Waals surface area contributed by atoms with Crippen molar-refractivity contribution in [2.24, 2.45) is 0 Å². The zero-order chi connectivity index (χ0) is 24.8. The minimum atomic E-state index is -0.115. The summed E-state index contributed by atoms with van der Waals surface area (Å²) < 4.78 is 1.80. The number of hydrogen-bond acceptors (Lipinski definition) is 3. The fourth-order valence-corrected chi connectivity index (χ4v) is 4.58. The molecular formula is C29H36N5O+. The van der Waals surface area contributed by atoms with Crippen molar-refractivity contribution in [3.05, 3.63) is 101 Å². The van der Waals surface area contributed by atoms with E-state index in [4.69, 9.17) is 4.98 Å². The Morgan fingerprint density at radius 2 is 1.66 bits per heavy atom. The molecule has 2 aromatic carbocycles. The molecule has 2 aromatic heterocycles. The van der Waals surface area contributed by atoms with Crippen molar-refractivity contribution in [3.63, 3.8) is 0 Å². The van der Waals surface area contributed by atoms with Gasteiger partial charge in [0, 0.05) is 36.3 Å². The van der Waals surface area contributed by atoms with E-state index in [0.717, 1.165) is 42.9 Å². The number of benzene rings is 2. The van der Waals surface area contributed by atoms with E-state index < -0.39 is 0 Å². The van der Waals surface area contributed by atoms with E-state index >= 15 is 0 Å². The molecule has 0 bridgehead atoms. The van der Waals surface area contributed by atoms with Crippen LogP contribution in [0.5, 0.6) is 0 Å². The van der Waals surface area contributed by atoms with Crippen LogP contribution in [-0.4, -0.2) is 39.6 Å². The molecule has 4 aromatic rings. The van der Waals surface area contributed by atoms with Crippen LogP contribution in [-0.2, 0) is 13.0 Å². The Morgan fingerprint density at radius 1 is 1.00 bits per heavy atom. The van der Waals surface area contributed by atoms with Crippen LogP contribution in [0, 0.1) is 13.8 Å². The van der Waals surface area contributed by atoms with Crippen molar-refractivity contribution in [3.8, 4) is 0 Å². The van der Waals surface area contributed by atoms with Crippen LogP contribution in [0.2, 0.25) is 0 Å². The lowest BCUT2D eigenvalue weighted by Gasteiger charge is -2.23. The molecule has 0 fully saturated rings. The molecule has 1 amide bonds. The molecule has 0 saturated heterocycles. The molecule has 1 unspecified atom stereocenters. The Hall–Kier alpha value is -3.51. The highest BCUT2D eigenvalue weighted by Gasteiger charge is 2.19. The van der Waals surface area contributed by atoms with Gasteiger partial charge >= 0.3 is 0 Å². The molecule has 0 saturated carbocycles. The van der Waals surface area contributed by atoms with Gasteiger partial charge in [0.2, 0.25) is 0 Å².